The van der Waals surface area contributed by atoms with Gasteiger partial charge in [-0.2, -0.15) is 0 Å². The Morgan fingerprint density at radius 2 is 1.80 bits per heavy atom. The van der Waals surface area contributed by atoms with Crippen LogP contribution >= 0.6 is 0 Å². The van der Waals surface area contributed by atoms with Crippen LogP contribution in [0.5, 0.6) is 11.5 Å². The number of anilines is 1. The van der Waals surface area contributed by atoms with Gasteiger partial charge in [-0.1, -0.05) is 26.8 Å². The van der Waals surface area contributed by atoms with Crippen molar-refractivity contribution in [3.63, 3.8) is 0 Å². The summed E-state index contributed by atoms with van der Waals surface area (Å²) < 4.78 is 22.9. The van der Waals surface area contributed by atoms with Crippen molar-refractivity contribution < 1.29 is 28.5 Å². The molecule has 0 unspecified atom stereocenters. The Balaban J connectivity index is 1.42. The molecular weight excluding hydrogens is 448 g/mol. The first-order valence-corrected chi connectivity index (χ1v) is 11.8. The average molecular weight is 479 g/mol. The molecule has 0 spiro atoms. The quantitative estimate of drug-likeness (QED) is 0.504. The fourth-order valence-corrected chi connectivity index (χ4v) is 4.54. The first kappa shape index (κ1) is 23.2. The van der Waals surface area contributed by atoms with E-state index in [1.54, 1.807) is 11.7 Å². The SMILES string of the molecule is COCCOC(=O)n1c(C(C)(C)C)cc2cc(NC(=O)C3(c4ccc5c(c4)OCO5)CC3)ccc21. The third kappa shape index (κ3) is 4.23. The van der Waals surface area contributed by atoms with Gasteiger partial charge in [0.2, 0.25) is 12.7 Å². The van der Waals surface area contributed by atoms with Crippen LogP contribution in [0, 0.1) is 0 Å². The lowest BCUT2D eigenvalue weighted by Gasteiger charge is -2.21. The van der Waals surface area contributed by atoms with Crippen LogP contribution in [-0.2, 0) is 25.1 Å². The number of fused-ring (bicyclic) bond motifs is 2. The number of hydrogen-bond donors (Lipinski definition) is 1. The summed E-state index contributed by atoms with van der Waals surface area (Å²) in [5, 5.41) is 3.94. The number of methoxy groups -OCH3 is 1. The fraction of sp³-hybridized carbons (Fsp3) is 0.407. The lowest BCUT2D eigenvalue weighted by atomic mass is 9.92. The smallest absolute Gasteiger partial charge is 0.418 e. The summed E-state index contributed by atoms with van der Waals surface area (Å²) in [6.07, 6.45) is 1.11. The van der Waals surface area contributed by atoms with Crippen LogP contribution in [0.4, 0.5) is 10.5 Å². The van der Waals surface area contributed by atoms with Gasteiger partial charge in [-0.15, -0.1) is 0 Å². The molecule has 1 aliphatic carbocycles. The zero-order valence-corrected chi connectivity index (χ0v) is 20.5. The highest BCUT2D eigenvalue weighted by molar-refractivity contribution is 6.03. The van der Waals surface area contributed by atoms with Crippen LogP contribution in [0.1, 0.15) is 44.9 Å². The molecule has 1 aliphatic heterocycles. The molecule has 3 aromatic rings. The van der Waals surface area contributed by atoms with Crippen molar-refractivity contribution in [1.29, 1.82) is 0 Å². The van der Waals surface area contributed by atoms with Gasteiger partial charge in [0.25, 0.3) is 0 Å². The molecule has 1 amide bonds. The van der Waals surface area contributed by atoms with E-state index >= 15 is 0 Å². The summed E-state index contributed by atoms with van der Waals surface area (Å²) in [5.74, 6) is 1.33. The van der Waals surface area contributed by atoms with E-state index in [0.29, 0.717) is 23.8 Å². The van der Waals surface area contributed by atoms with Gasteiger partial charge in [0.1, 0.15) is 6.61 Å². The van der Waals surface area contributed by atoms with Gasteiger partial charge in [0.05, 0.1) is 17.5 Å². The van der Waals surface area contributed by atoms with E-state index in [2.05, 4.69) is 5.32 Å². The van der Waals surface area contributed by atoms with Crippen LogP contribution in [0.15, 0.2) is 42.5 Å². The predicted octanol–water partition coefficient (Wildman–Crippen LogP) is 4.97. The van der Waals surface area contributed by atoms with Gasteiger partial charge < -0.3 is 24.3 Å². The highest BCUT2D eigenvalue weighted by atomic mass is 16.7. The Morgan fingerprint density at radius 1 is 1.03 bits per heavy atom. The van der Waals surface area contributed by atoms with Crippen LogP contribution in [-0.4, -0.2) is 43.7 Å². The molecule has 2 heterocycles. The van der Waals surface area contributed by atoms with E-state index in [-0.39, 0.29) is 24.7 Å². The zero-order valence-electron chi connectivity index (χ0n) is 20.5. The minimum Gasteiger partial charge on any atom is -0.454 e. The number of amides is 1. The molecule has 5 rings (SSSR count). The number of nitrogens with zero attached hydrogens (tertiary/aromatic N) is 1. The number of nitrogens with one attached hydrogen (secondary N) is 1. The van der Waals surface area contributed by atoms with E-state index in [1.807, 2.05) is 63.2 Å². The van der Waals surface area contributed by atoms with Crippen molar-refractivity contribution in [2.75, 3.05) is 32.4 Å². The van der Waals surface area contributed by atoms with Crippen molar-refractivity contribution in [1.82, 2.24) is 4.57 Å². The second-order valence-corrected chi connectivity index (χ2v) is 10.1. The minimum atomic E-state index is -0.566. The fourth-order valence-electron chi connectivity index (χ4n) is 4.54. The van der Waals surface area contributed by atoms with Gasteiger partial charge in [0, 0.05) is 29.3 Å². The van der Waals surface area contributed by atoms with E-state index in [0.717, 1.165) is 35.0 Å². The minimum absolute atomic E-state index is 0.0508. The second-order valence-electron chi connectivity index (χ2n) is 10.1. The summed E-state index contributed by atoms with van der Waals surface area (Å²) in [4.78, 5) is 26.2. The maximum Gasteiger partial charge on any atom is 0.418 e. The summed E-state index contributed by atoms with van der Waals surface area (Å²) in [5.41, 5.74) is 2.31. The molecule has 2 aromatic carbocycles. The van der Waals surface area contributed by atoms with Crippen molar-refractivity contribution in [2.45, 2.75) is 44.4 Å². The molecule has 0 saturated heterocycles. The van der Waals surface area contributed by atoms with Crippen LogP contribution in [0.25, 0.3) is 10.9 Å². The number of carbonyl (C=O) groups is 2. The molecular formula is C27H30N2O6. The number of benzene rings is 2. The Bertz CT molecular complexity index is 1300. The summed E-state index contributed by atoms with van der Waals surface area (Å²) in [6, 6.07) is 13.3. The van der Waals surface area contributed by atoms with Crippen molar-refractivity contribution in [2.24, 2.45) is 0 Å². The lowest BCUT2D eigenvalue weighted by molar-refractivity contribution is -0.118. The number of rotatable bonds is 6. The standard InChI is InChI=1S/C27H30N2O6/c1-26(2,3)23-14-17-13-19(6-7-20(17)29(23)25(31)33-12-11-32-4)28-24(30)27(9-10-27)18-5-8-21-22(15-18)35-16-34-21/h5-8,13-15H,9-12,16H2,1-4H3,(H,28,30). The number of aromatic nitrogens is 1. The monoisotopic (exact) mass is 478 g/mol. The molecule has 2 aliphatic rings. The Morgan fingerprint density at radius 3 is 2.51 bits per heavy atom. The molecule has 1 N–H and O–H groups in total. The second kappa shape index (κ2) is 8.61. The Labute approximate surface area is 204 Å². The summed E-state index contributed by atoms with van der Waals surface area (Å²) in [6.45, 7) is 6.85. The molecule has 35 heavy (non-hydrogen) atoms. The number of carbonyl (C=O) groups excluding carboxylic acids is 2. The molecule has 0 radical (unpaired) electrons. The Kier molecular flexibility index (Phi) is 5.71. The summed E-state index contributed by atoms with van der Waals surface area (Å²) in [7, 11) is 1.56. The molecule has 1 saturated carbocycles. The number of ether oxygens (including phenoxy) is 4. The van der Waals surface area contributed by atoms with Gasteiger partial charge >= 0.3 is 6.09 Å². The van der Waals surface area contributed by atoms with Crippen molar-refractivity contribution in [3.8, 4) is 11.5 Å². The zero-order chi connectivity index (χ0) is 24.8. The van der Waals surface area contributed by atoms with Crippen LogP contribution in [0.3, 0.4) is 0 Å². The summed E-state index contributed by atoms with van der Waals surface area (Å²) >= 11 is 0. The molecule has 184 valence electrons. The first-order valence-electron chi connectivity index (χ1n) is 11.8. The van der Waals surface area contributed by atoms with Crippen LogP contribution < -0.4 is 14.8 Å². The van der Waals surface area contributed by atoms with Gasteiger partial charge in [-0.05, 0) is 54.8 Å². The van der Waals surface area contributed by atoms with E-state index in [1.165, 1.54) is 0 Å². The molecule has 1 aromatic heterocycles. The molecule has 1 fully saturated rings. The molecule has 0 bridgehead atoms. The molecule has 8 nitrogen and oxygen atoms in total. The highest BCUT2D eigenvalue weighted by Crippen LogP contribution is 2.51. The Hall–Kier alpha value is -3.52. The molecule has 8 heteroatoms. The topological polar surface area (TPSA) is 88.0 Å². The largest absolute Gasteiger partial charge is 0.454 e. The van der Waals surface area contributed by atoms with E-state index in [9.17, 15) is 9.59 Å². The third-order valence-electron chi connectivity index (χ3n) is 6.63. The highest BCUT2D eigenvalue weighted by Gasteiger charge is 2.51. The van der Waals surface area contributed by atoms with E-state index < -0.39 is 11.5 Å². The van der Waals surface area contributed by atoms with E-state index in [4.69, 9.17) is 18.9 Å². The average Bonchev–Trinajstić information content (AvgIpc) is 3.33. The van der Waals surface area contributed by atoms with Crippen molar-refractivity contribution in [3.05, 3.63) is 53.7 Å². The van der Waals surface area contributed by atoms with Crippen LogP contribution in [0.2, 0.25) is 0 Å². The predicted molar refractivity (Wildman–Crippen MR) is 131 cm³/mol. The van der Waals surface area contributed by atoms with Gasteiger partial charge in [0.15, 0.2) is 11.5 Å². The first-order chi connectivity index (χ1) is 16.7. The molecule has 0 atom stereocenters. The van der Waals surface area contributed by atoms with Gasteiger partial charge in [-0.3, -0.25) is 4.79 Å². The number of hydrogen-bond acceptors (Lipinski definition) is 6. The third-order valence-corrected chi connectivity index (χ3v) is 6.63. The normalized spacial score (nSPS) is 15.8. The lowest BCUT2D eigenvalue weighted by Crippen LogP contribution is -2.27. The maximum atomic E-state index is 13.3. The van der Waals surface area contributed by atoms with Crippen molar-refractivity contribution >= 4 is 28.6 Å². The maximum absolute atomic E-state index is 13.3. The van der Waals surface area contributed by atoms with Gasteiger partial charge in [-0.25, -0.2) is 9.36 Å².